The Morgan fingerprint density at radius 1 is 0.950 bits per heavy atom. The Hall–Kier alpha value is -4.20. The molecule has 3 aromatic carbocycles. The highest BCUT2D eigenvalue weighted by Gasteiger charge is 2.40. The van der Waals surface area contributed by atoms with Gasteiger partial charge in [0, 0.05) is 11.2 Å². The lowest BCUT2D eigenvalue weighted by atomic mass is 9.84. The van der Waals surface area contributed by atoms with Gasteiger partial charge >= 0.3 is 6.03 Å². The van der Waals surface area contributed by atoms with Gasteiger partial charge in [-0.05, 0) is 81.3 Å². The summed E-state index contributed by atoms with van der Waals surface area (Å²) in [5, 5.41) is 8.41. The van der Waals surface area contributed by atoms with Crippen LogP contribution in [0, 0.1) is 12.7 Å². The summed E-state index contributed by atoms with van der Waals surface area (Å²) >= 11 is 0. The number of hydrogen-bond acceptors (Lipinski definition) is 3. The second kappa shape index (κ2) is 12.3. The zero-order valence-corrected chi connectivity index (χ0v) is 23.4. The number of rotatable bonds is 6. The first-order valence-corrected chi connectivity index (χ1v) is 13.6. The van der Waals surface area contributed by atoms with Crippen LogP contribution in [0.1, 0.15) is 62.3 Å². The highest BCUT2D eigenvalue weighted by atomic mass is 19.1. The van der Waals surface area contributed by atoms with Crippen LogP contribution < -0.4 is 16.0 Å². The number of amides is 4. The summed E-state index contributed by atoms with van der Waals surface area (Å²) in [4.78, 5) is 41.9. The molecule has 1 saturated heterocycles. The molecule has 0 bridgehead atoms. The summed E-state index contributed by atoms with van der Waals surface area (Å²) in [5.41, 5.74) is 2.91. The van der Waals surface area contributed by atoms with Crippen LogP contribution in [0.25, 0.3) is 0 Å². The number of nitrogens with zero attached hydrogens (tertiary/aromatic N) is 1. The number of anilines is 1. The number of carbonyl (C=O) groups is 3. The van der Waals surface area contributed by atoms with Crippen LogP contribution in [-0.4, -0.2) is 40.9 Å². The van der Waals surface area contributed by atoms with Gasteiger partial charge in [0.1, 0.15) is 18.4 Å². The molecule has 0 saturated carbocycles. The van der Waals surface area contributed by atoms with E-state index < -0.39 is 23.4 Å². The summed E-state index contributed by atoms with van der Waals surface area (Å²) in [6, 6.07) is 21.4. The van der Waals surface area contributed by atoms with Gasteiger partial charge in [-0.2, -0.15) is 0 Å². The molecule has 3 aromatic rings. The maximum Gasteiger partial charge on any atom is 0.319 e. The lowest BCUT2D eigenvalue weighted by Crippen LogP contribution is -2.53. The molecule has 3 N–H and O–H groups in total. The Morgan fingerprint density at radius 3 is 2.33 bits per heavy atom. The molecule has 1 heterocycles. The van der Waals surface area contributed by atoms with E-state index in [0.717, 1.165) is 16.7 Å². The predicted molar refractivity (Wildman–Crippen MR) is 154 cm³/mol. The fourth-order valence-corrected chi connectivity index (χ4v) is 5.33. The first-order chi connectivity index (χ1) is 19.0. The average Bonchev–Trinajstić information content (AvgIpc) is 3.01. The smallest absolute Gasteiger partial charge is 0.319 e. The van der Waals surface area contributed by atoms with Gasteiger partial charge in [0.25, 0.3) is 0 Å². The monoisotopic (exact) mass is 544 g/mol. The minimum Gasteiger partial charge on any atom is -0.350 e. The summed E-state index contributed by atoms with van der Waals surface area (Å²) in [6.07, 6.45) is 0.925. The molecule has 7 nitrogen and oxygen atoms in total. The van der Waals surface area contributed by atoms with Crippen LogP contribution in [0.15, 0.2) is 78.9 Å². The van der Waals surface area contributed by atoms with Crippen LogP contribution >= 0.6 is 0 Å². The van der Waals surface area contributed by atoms with Gasteiger partial charge in [-0.1, -0.05) is 60.7 Å². The molecule has 8 heteroatoms. The van der Waals surface area contributed by atoms with Gasteiger partial charge in [-0.15, -0.1) is 0 Å². The fraction of sp³-hybridized carbons (Fsp3) is 0.344. The lowest BCUT2D eigenvalue weighted by Gasteiger charge is -2.33. The molecule has 1 aliphatic rings. The molecule has 4 rings (SSSR count). The number of likely N-dealkylation sites (tertiary alicyclic amines) is 1. The van der Waals surface area contributed by atoms with Gasteiger partial charge in [0.05, 0.1) is 6.04 Å². The maximum atomic E-state index is 14.2. The predicted octanol–water partition coefficient (Wildman–Crippen LogP) is 5.69. The third-order valence-corrected chi connectivity index (χ3v) is 7.01. The highest BCUT2D eigenvalue weighted by Crippen LogP contribution is 2.40. The minimum atomic E-state index is -0.908. The minimum absolute atomic E-state index is 0.0782. The van der Waals surface area contributed by atoms with Gasteiger partial charge in [-0.3, -0.25) is 9.59 Å². The van der Waals surface area contributed by atoms with E-state index in [-0.39, 0.29) is 36.0 Å². The number of urea groups is 1. The standard InChI is InChI=1S/C32H37FN4O3/c1-21-11-8-9-16-26(21)23-17-27(35-31(40)34-25-15-10-14-24(33)19-25)30(39)37(20-29(38)36-32(2,3)4)28(18-23)22-12-6-5-7-13-22/h5-16,19,23,27-28H,17-18,20H2,1-4H3,(H,36,38)(H2,34,35,40)/t23-,27+,28+/m0/s1. The van der Waals surface area contributed by atoms with E-state index in [1.165, 1.54) is 18.2 Å². The van der Waals surface area contributed by atoms with Gasteiger partial charge in [0.2, 0.25) is 11.8 Å². The number of benzene rings is 3. The van der Waals surface area contributed by atoms with Crippen molar-refractivity contribution in [2.45, 2.75) is 64.1 Å². The first kappa shape index (κ1) is 28.8. The fourth-order valence-electron chi connectivity index (χ4n) is 5.33. The molecule has 0 spiro atoms. The van der Waals surface area contributed by atoms with Gasteiger partial charge < -0.3 is 20.9 Å². The Balaban J connectivity index is 1.71. The van der Waals surface area contributed by atoms with Crippen LogP contribution in [0.3, 0.4) is 0 Å². The largest absolute Gasteiger partial charge is 0.350 e. The van der Waals surface area contributed by atoms with Crippen molar-refractivity contribution in [1.29, 1.82) is 0 Å². The second-order valence-electron chi connectivity index (χ2n) is 11.4. The summed E-state index contributed by atoms with van der Waals surface area (Å²) in [5.74, 6) is -1.18. The number of hydrogen-bond donors (Lipinski definition) is 3. The zero-order chi connectivity index (χ0) is 28.9. The van der Waals surface area contributed by atoms with Crippen LogP contribution in [0.2, 0.25) is 0 Å². The third kappa shape index (κ3) is 7.46. The summed E-state index contributed by atoms with van der Waals surface area (Å²) in [6.45, 7) is 7.55. The van der Waals surface area contributed by atoms with E-state index >= 15 is 0 Å². The van der Waals surface area contributed by atoms with Crippen molar-refractivity contribution in [3.63, 3.8) is 0 Å². The van der Waals surface area contributed by atoms with Crippen molar-refractivity contribution in [2.24, 2.45) is 0 Å². The van der Waals surface area contributed by atoms with Crippen molar-refractivity contribution >= 4 is 23.5 Å². The molecule has 4 amide bonds. The first-order valence-electron chi connectivity index (χ1n) is 13.6. The lowest BCUT2D eigenvalue weighted by molar-refractivity contribution is -0.139. The van der Waals surface area contributed by atoms with Crippen LogP contribution in [0.5, 0.6) is 0 Å². The van der Waals surface area contributed by atoms with E-state index in [2.05, 4.69) is 22.0 Å². The normalized spacial score (nSPS) is 19.5. The molecule has 0 unspecified atom stereocenters. The van der Waals surface area contributed by atoms with Crippen LogP contribution in [-0.2, 0) is 9.59 Å². The van der Waals surface area contributed by atoms with Crippen molar-refractivity contribution in [1.82, 2.24) is 15.5 Å². The zero-order valence-electron chi connectivity index (χ0n) is 23.4. The Bertz CT molecular complexity index is 1360. The molecular weight excluding hydrogens is 507 g/mol. The SMILES string of the molecule is Cc1ccccc1[C@@H]1C[C@H](c2ccccc2)N(CC(=O)NC(C)(C)C)C(=O)[C@H](NC(=O)Nc2cccc(F)c2)C1. The van der Waals surface area contributed by atoms with Gasteiger partial charge in [-0.25, -0.2) is 9.18 Å². The van der Waals surface area contributed by atoms with E-state index in [1.54, 1.807) is 11.0 Å². The summed E-state index contributed by atoms with van der Waals surface area (Å²) < 4.78 is 13.7. The maximum absolute atomic E-state index is 14.2. The van der Waals surface area contributed by atoms with E-state index in [0.29, 0.717) is 12.8 Å². The molecule has 1 fully saturated rings. The second-order valence-corrected chi connectivity index (χ2v) is 11.4. The third-order valence-electron chi connectivity index (χ3n) is 7.01. The molecule has 40 heavy (non-hydrogen) atoms. The number of halogens is 1. The van der Waals surface area contributed by atoms with E-state index in [1.807, 2.05) is 76.2 Å². The average molecular weight is 545 g/mol. The highest BCUT2D eigenvalue weighted by molar-refractivity contribution is 5.95. The topological polar surface area (TPSA) is 90.5 Å². The van der Waals surface area contributed by atoms with Gasteiger partial charge in [0.15, 0.2) is 0 Å². The van der Waals surface area contributed by atoms with Crippen molar-refractivity contribution in [2.75, 3.05) is 11.9 Å². The molecule has 1 aliphatic heterocycles. The molecular formula is C32H37FN4O3. The van der Waals surface area contributed by atoms with Crippen molar-refractivity contribution in [3.8, 4) is 0 Å². The molecule has 3 atom stereocenters. The molecule has 0 aromatic heterocycles. The Kier molecular flexibility index (Phi) is 8.87. The van der Waals surface area contributed by atoms with E-state index in [9.17, 15) is 18.8 Å². The van der Waals surface area contributed by atoms with E-state index in [4.69, 9.17) is 0 Å². The quantitative estimate of drug-likeness (QED) is 0.373. The number of nitrogens with one attached hydrogen (secondary N) is 3. The Labute approximate surface area is 235 Å². The number of carbonyl (C=O) groups excluding carboxylic acids is 3. The molecule has 0 aliphatic carbocycles. The summed E-state index contributed by atoms with van der Waals surface area (Å²) in [7, 11) is 0. The number of aryl methyl sites for hydroxylation is 1. The van der Waals surface area contributed by atoms with Crippen molar-refractivity contribution in [3.05, 3.63) is 101 Å². The molecule has 0 radical (unpaired) electrons. The van der Waals surface area contributed by atoms with Crippen molar-refractivity contribution < 1.29 is 18.8 Å². The molecule has 210 valence electrons. The Morgan fingerprint density at radius 2 is 1.65 bits per heavy atom. The van der Waals surface area contributed by atoms with Crippen LogP contribution in [0.4, 0.5) is 14.9 Å².